The second-order valence-corrected chi connectivity index (χ2v) is 7.68. The zero-order chi connectivity index (χ0) is 16.7. The van der Waals surface area contributed by atoms with Crippen LogP contribution in [-0.2, 0) is 9.59 Å². The van der Waals surface area contributed by atoms with Crippen LogP contribution < -0.4 is 0 Å². The molecular formula is C20H17N3O2. The van der Waals surface area contributed by atoms with Gasteiger partial charge >= 0.3 is 0 Å². The van der Waals surface area contributed by atoms with Crippen LogP contribution in [-0.4, -0.2) is 28.0 Å². The van der Waals surface area contributed by atoms with E-state index in [4.69, 9.17) is 0 Å². The number of hydrogen-bond donors (Lipinski definition) is 1. The second-order valence-electron chi connectivity index (χ2n) is 7.68. The van der Waals surface area contributed by atoms with E-state index in [2.05, 4.69) is 22.2 Å². The van der Waals surface area contributed by atoms with Gasteiger partial charge in [-0.2, -0.15) is 10.1 Å². The van der Waals surface area contributed by atoms with Crippen molar-refractivity contribution in [2.75, 3.05) is 0 Å². The van der Waals surface area contributed by atoms with Gasteiger partial charge in [-0.15, -0.1) is 0 Å². The average molecular weight is 331 g/mol. The standard InChI is InChI=1S/C20H17N3O2/c24-19-17-12-5-6-13(15-7-14(12)15)18(17)20(25)23(19)22-9-10-8-21-16-4-2-1-3-11(10)16/h1-6,8-9,12-15,17-18,21H,7H2/b22-9-/t12-,13-,14-,15+,17+,18-/m1/s1. The number of nitrogens with zero attached hydrogens (tertiary/aromatic N) is 2. The van der Waals surface area contributed by atoms with Gasteiger partial charge in [-0.1, -0.05) is 30.4 Å². The van der Waals surface area contributed by atoms with Gasteiger partial charge < -0.3 is 4.98 Å². The van der Waals surface area contributed by atoms with E-state index in [9.17, 15) is 9.59 Å². The van der Waals surface area contributed by atoms with E-state index in [1.807, 2.05) is 30.5 Å². The predicted octanol–water partition coefficient (Wildman–Crippen LogP) is 2.55. The molecule has 2 heterocycles. The largest absolute Gasteiger partial charge is 0.361 e. The van der Waals surface area contributed by atoms with Crippen LogP contribution in [0.2, 0.25) is 0 Å². The van der Waals surface area contributed by atoms with Gasteiger partial charge in [0.25, 0.3) is 11.8 Å². The molecule has 5 aliphatic rings. The number of H-pyrrole nitrogens is 1. The fourth-order valence-electron chi connectivity index (χ4n) is 5.38. The minimum Gasteiger partial charge on any atom is -0.361 e. The van der Waals surface area contributed by atoms with Gasteiger partial charge in [-0.05, 0) is 36.2 Å². The lowest BCUT2D eigenvalue weighted by Crippen LogP contribution is -2.40. The normalized spacial score (nSPS) is 38.0. The number of para-hydroxylation sites is 1. The zero-order valence-corrected chi connectivity index (χ0v) is 13.5. The van der Waals surface area contributed by atoms with E-state index in [0.717, 1.165) is 21.5 Å². The Kier molecular flexibility index (Phi) is 2.43. The number of allylic oxidation sites excluding steroid dienone is 2. The minimum absolute atomic E-state index is 0.115. The molecule has 2 aromatic rings. The summed E-state index contributed by atoms with van der Waals surface area (Å²) in [5, 5.41) is 6.47. The highest BCUT2D eigenvalue weighted by atomic mass is 16.2. The summed E-state index contributed by atoms with van der Waals surface area (Å²) < 4.78 is 0. The van der Waals surface area contributed by atoms with Crippen LogP contribution in [0.5, 0.6) is 0 Å². The average Bonchev–Trinajstić information content (AvgIpc) is 3.31. The van der Waals surface area contributed by atoms with Gasteiger partial charge in [-0.25, -0.2) is 0 Å². The van der Waals surface area contributed by atoms with Crippen LogP contribution in [0.1, 0.15) is 12.0 Å². The van der Waals surface area contributed by atoms with E-state index in [-0.39, 0.29) is 35.5 Å². The van der Waals surface area contributed by atoms with Gasteiger partial charge in [0, 0.05) is 22.7 Å². The number of carbonyl (C=O) groups is 2. The topological polar surface area (TPSA) is 65.5 Å². The molecule has 25 heavy (non-hydrogen) atoms. The molecule has 0 spiro atoms. The third-order valence-corrected chi connectivity index (χ3v) is 6.57. The fourth-order valence-corrected chi connectivity index (χ4v) is 5.38. The van der Waals surface area contributed by atoms with Crippen LogP contribution >= 0.6 is 0 Å². The maximum atomic E-state index is 12.9. The summed E-state index contributed by atoms with van der Waals surface area (Å²) in [5.74, 6) is 1.11. The molecule has 1 aliphatic heterocycles. The van der Waals surface area contributed by atoms with Crippen molar-refractivity contribution in [1.82, 2.24) is 9.99 Å². The highest BCUT2D eigenvalue weighted by molar-refractivity contribution is 6.07. The summed E-state index contributed by atoms with van der Waals surface area (Å²) in [7, 11) is 0. The number of carbonyl (C=O) groups excluding carboxylic acids is 2. The molecule has 0 radical (unpaired) electrons. The van der Waals surface area contributed by atoms with Crippen molar-refractivity contribution < 1.29 is 9.59 Å². The Bertz CT molecular complexity index is 952. The van der Waals surface area contributed by atoms with E-state index in [1.54, 1.807) is 6.21 Å². The first-order chi connectivity index (χ1) is 12.2. The highest BCUT2D eigenvalue weighted by Crippen LogP contribution is 2.65. The highest BCUT2D eigenvalue weighted by Gasteiger charge is 2.67. The van der Waals surface area contributed by atoms with Crippen LogP contribution in [0.4, 0.5) is 0 Å². The van der Waals surface area contributed by atoms with Crippen molar-refractivity contribution in [3.63, 3.8) is 0 Å². The summed E-state index contributed by atoms with van der Waals surface area (Å²) in [6.45, 7) is 0. The van der Waals surface area contributed by atoms with Gasteiger partial charge in [0.1, 0.15) is 0 Å². The number of hydrogen-bond acceptors (Lipinski definition) is 3. The van der Waals surface area contributed by atoms with Crippen LogP contribution in [0, 0.1) is 35.5 Å². The van der Waals surface area contributed by atoms with Crippen molar-refractivity contribution in [1.29, 1.82) is 0 Å². The molecule has 1 aromatic heterocycles. The van der Waals surface area contributed by atoms with Gasteiger partial charge in [0.2, 0.25) is 0 Å². The molecule has 124 valence electrons. The minimum atomic E-state index is -0.189. The molecule has 5 nitrogen and oxygen atoms in total. The van der Waals surface area contributed by atoms with Crippen LogP contribution in [0.15, 0.2) is 47.7 Å². The lowest BCUT2D eigenvalue weighted by atomic mass is 9.63. The summed E-state index contributed by atoms with van der Waals surface area (Å²) in [5.41, 5.74) is 1.90. The Morgan fingerprint density at radius 1 is 1.04 bits per heavy atom. The van der Waals surface area contributed by atoms with Crippen molar-refractivity contribution in [3.8, 4) is 0 Å². The maximum Gasteiger partial charge on any atom is 0.254 e. The van der Waals surface area contributed by atoms with Gasteiger partial charge in [0.15, 0.2) is 0 Å². The number of benzene rings is 1. The number of aromatic nitrogens is 1. The van der Waals surface area contributed by atoms with Crippen molar-refractivity contribution in [3.05, 3.63) is 48.2 Å². The molecule has 0 unspecified atom stereocenters. The number of amides is 2. The Balaban J connectivity index is 1.35. The van der Waals surface area contributed by atoms with E-state index in [1.165, 1.54) is 6.42 Å². The molecular weight excluding hydrogens is 314 g/mol. The van der Waals surface area contributed by atoms with Crippen molar-refractivity contribution >= 4 is 28.9 Å². The SMILES string of the molecule is O=C1[C@@H]2[C@@H]3C=C[C@H]([C@H]4C[C@@H]34)[C@@H]2C(=O)N1/N=C\c1c[nH]c2ccccc12. The molecule has 2 amide bonds. The second kappa shape index (κ2) is 4.48. The maximum absolute atomic E-state index is 12.9. The zero-order valence-electron chi connectivity index (χ0n) is 13.5. The molecule has 1 N–H and O–H groups in total. The van der Waals surface area contributed by atoms with E-state index in [0.29, 0.717) is 11.8 Å². The molecule has 6 atom stereocenters. The first kappa shape index (κ1) is 13.6. The first-order valence-electron chi connectivity index (χ1n) is 8.90. The first-order valence-corrected chi connectivity index (χ1v) is 8.90. The number of rotatable bonds is 2. The van der Waals surface area contributed by atoms with Crippen LogP contribution in [0.3, 0.4) is 0 Å². The number of nitrogens with one attached hydrogen (secondary N) is 1. The van der Waals surface area contributed by atoms with Crippen LogP contribution in [0.25, 0.3) is 10.9 Å². The number of aromatic amines is 1. The molecule has 7 rings (SSSR count). The quantitative estimate of drug-likeness (QED) is 0.522. The van der Waals surface area contributed by atoms with Crippen molar-refractivity contribution in [2.45, 2.75) is 6.42 Å². The smallest absolute Gasteiger partial charge is 0.254 e. The lowest BCUT2D eigenvalue weighted by molar-refractivity contribution is -0.140. The predicted molar refractivity (Wildman–Crippen MR) is 92.4 cm³/mol. The molecule has 1 saturated heterocycles. The number of hydrazone groups is 1. The lowest BCUT2D eigenvalue weighted by Gasteiger charge is -2.37. The molecule has 2 saturated carbocycles. The molecule has 1 aromatic carbocycles. The van der Waals surface area contributed by atoms with E-state index >= 15 is 0 Å². The monoisotopic (exact) mass is 331 g/mol. The van der Waals surface area contributed by atoms with Crippen molar-refractivity contribution in [2.24, 2.45) is 40.6 Å². The Labute approximate surface area is 144 Å². The Hall–Kier alpha value is -2.69. The third-order valence-electron chi connectivity index (χ3n) is 6.57. The molecule has 2 bridgehead atoms. The summed E-state index contributed by atoms with van der Waals surface area (Å²) >= 11 is 0. The Morgan fingerprint density at radius 2 is 1.72 bits per heavy atom. The Morgan fingerprint density at radius 3 is 2.44 bits per heavy atom. The fraction of sp³-hybridized carbons (Fsp3) is 0.350. The van der Waals surface area contributed by atoms with E-state index < -0.39 is 0 Å². The third kappa shape index (κ3) is 1.65. The number of imide groups is 1. The summed E-state index contributed by atoms with van der Waals surface area (Å²) in [6, 6.07) is 7.91. The number of fused-ring (bicyclic) bond motifs is 1. The summed E-state index contributed by atoms with van der Waals surface area (Å²) in [4.78, 5) is 28.9. The summed E-state index contributed by atoms with van der Waals surface area (Å²) in [6.07, 6.45) is 9.01. The molecule has 3 fully saturated rings. The van der Waals surface area contributed by atoms with Gasteiger partial charge in [-0.3, -0.25) is 9.59 Å². The van der Waals surface area contributed by atoms with Gasteiger partial charge in [0.05, 0.1) is 18.1 Å². The molecule has 5 heteroatoms. The molecule has 4 aliphatic carbocycles.